The molecule has 0 aromatic heterocycles. The Morgan fingerprint density at radius 3 is 2.26 bits per heavy atom. The average molecular weight is 437 g/mol. The Bertz CT molecular complexity index is 1170. The van der Waals surface area contributed by atoms with Crippen LogP contribution in [0.5, 0.6) is 0 Å². The topological polar surface area (TPSA) is 66.5 Å². The van der Waals surface area contributed by atoms with Gasteiger partial charge in [0.05, 0.1) is 30.1 Å². The van der Waals surface area contributed by atoms with Gasteiger partial charge in [-0.3, -0.25) is 9.10 Å². The zero-order valence-corrected chi connectivity index (χ0v) is 19.1. The van der Waals surface area contributed by atoms with E-state index in [0.717, 1.165) is 28.5 Å². The lowest BCUT2D eigenvalue weighted by Gasteiger charge is -2.25. The lowest BCUT2D eigenvalue weighted by molar-refractivity contribution is 0.0940. The maximum absolute atomic E-state index is 13.2. The Hall–Kier alpha value is -3.12. The van der Waals surface area contributed by atoms with Crippen LogP contribution in [0.1, 0.15) is 45.6 Å². The molecule has 0 heterocycles. The number of carbonyl (C=O) groups is 1. The monoisotopic (exact) mass is 436 g/mol. The third kappa shape index (κ3) is 5.52. The zero-order chi connectivity index (χ0) is 22.6. The molecule has 0 unspecified atom stereocenters. The number of rotatable bonds is 7. The van der Waals surface area contributed by atoms with Crippen LogP contribution < -0.4 is 9.62 Å². The van der Waals surface area contributed by atoms with E-state index in [-0.39, 0.29) is 18.5 Å². The fourth-order valence-electron chi connectivity index (χ4n) is 3.68. The second kappa shape index (κ2) is 9.35. The highest BCUT2D eigenvalue weighted by Gasteiger charge is 2.24. The van der Waals surface area contributed by atoms with Crippen molar-refractivity contribution in [1.82, 2.24) is 5.32 Å². The van der Waals surface area contributed by atoms with E-state index in [9.17, 15) is 13.2 Å². The van der Waals surface area contributed by atoms with Crippen molar-refractivity contribution in [3.8, 4) is 0 Å². The second-order valence-corrected chi connectivity index (χ2v) is 9.73. The number of nitrogens with zero attached hydrogens (tertiary/aromatic N) is 1. The number of benzene rings is 3. The summed E-state index contributed by atoms with van der Waals surface area (Å²) in [7, 11) is -3.61. The number of nitrogens with one attached hydrogen (secondary N) is 1. The molecule has 1 atom stereocenters. The predicted octanol–water partition coefficient (Wildman–Crippen LogP) is 4.76. The fraction of sp³-hybridized carbons (Fsp3) is 0.240. The van der Waals surface area contributed by atoms with E-state index in [2.05, 4.69) is 11.4 Å². The van der Waals surface area contributed by atoms with Crippen molar-refractivity contribution in [2.45, 2.75) is 33.4 Å². The van der Waals surface area contributed by atoms with Gasteiger partial charge in [0.15, 0.2) is 0 Å². The third-order valence-electron chi connectivity index (χ3n) is 5.23. The first-order valence-corrected chi connectivity index (χ1v) is 12.0. The molecule has 0 spiro atoms. The van der Waals surface area contributed by atoms with Gasteiger partial charge in [-0.2, -0.15) is 0 Å². The average Bonchev–Trinajstić information content (AvgIpc) is 2.72. The summed E-state index contributed by atoms with van der Waals surface area (Å²) in [5.41, 5.74) is 4.81. The minimum absolute atomic E-state index is 0.149. The number of hydrogen-bond acceptors (Lipinski definition) is 3. The van der Waals surface area contributed by atoms with Gasteiger partial charge >= 0.3 is 0 Å². The lowest BCUT2D eigenvalue weighted by atomic mass is 10.00. The van der Waals surface area contributed by atoms with Crippen LogP contribution in [0.3, 0.4) is 0 Å². The highest BCUT2D eigenvalue weighted by Crippen LogP contribution is 2.26. The van der Waals surface area contributed by atoms with Crippen molar-refractivity contribution in [3.05, 3.63) is 101 Å². The molecule has 5 nitrogen and oxygen atoms in total. The molecule has 0 fully saturated rings. The summed E-state index contributed by atoms with van der Waals surface area (Å²) in [5, 5.41) is 3.02. The largest absolute Gasteiger partial charge is 0.345 e. The van der Waals surface area contributed by atoms with E-state index < -0.39 is 10.0 Å². The van der Waals surface area contributed by atoms with E-state index in [1.54, 1.807) is 24.3 Å². The third-order valence-corrected chi connectivity index (χ3v) is 6.35. The summed E-state index contributed by atoms with van der Waals surface area (Å²) in [6.45, 7) is 6.13. The molecule has 162 valence electrons. The number of carbonyl (C=O) groups excluding carboxylic acids is 1. The van der Waals surface area contributed by atoms with Gasteiger partial charge in [-0.15, -0.1) is 0 Å². The molecule has 0 aliphatic carbocycles. The van der Waals surface area contributed by atoms with Crippen LogP contribution in [0.15, 0.2) is 72.8 Å². The first-order valence-electron chi connectivity index (χ1n) is 10.2. The molecule has 3 rings (SSSR count). The minimum atomic E-state index is -3.61. The van der Waals surface area contributed by atoms with Crippen LogP contribution in [0.25, 0.3) is 0 Å². The van der Waals surface area contributed by atoms with E-state index in [4.69, 9.17) is 0 Å². The van der Waals surface area contributed by atoms with Crippen molar-refractivity contribution in [3.63, 3.8) is 0 Å². The molecule has 0 saturated carbocycles. The van der Waals surface area contributed by atoms with Gasteiger partial charge in [0.2, 0.25) is 10.0 Å². The first-order chi connectivity index (χ1) is 14.7. The normalized spacial score (nSPS) is 12.3. The Labute approximate surface area is 184 Å². The molecule has 0 radical (unpaired) electrons. The Balaban J connectivity index is 1.92. The van der Waals surface area contributed by atoms with E-state index >= 15 is 0 Å². The smallest absolute Gasteiger partial charge is 0.253 e. The Morgan fingerprint density at radius 2 is 1.61 bits per heavy atom. The van der Waals surface area contributed by atoms with Crippen molar-refractivity contribution < 1.29 is 13.2 Å². The molecule has 31 heavy (non-hydrogen) atoms. The summed E-state index contributed by atoms with van der Waals surface area (Å²) < 4.78 is 26.5. The van der Waals surface area contributed by atoms with Crippen molar-refractivity contribution >= 4 is 21.6 Å². The van der Waals surface area contributed by atoms with Gasteiger partial charge in [-0.1, -0.05) is 66.2 Å². The minimum Gasteiger partial charge on any atom is -0.345 e. The summed E-state index contributed by atoms with van der Waals surface area (Å²) in [5.74, 6) is -0.315. The number of aryl methyl sites for hydroxylation is 2. The van der Waals surface area contributed by atoms with Crippen LogP contribution in [0, 0.1) is 13.8 Å². The van der Waals surface area contributed by atoms with Gasteiger partial charge in [-0.25, -0.2) is 8.42 Å². The van der Waals surface area contributed by atoms with Gasteiger partial charge in [0.25, 0.3) is 5.91 Å². The first kappa shape index (κ1) is 22.6. The van der Waals surface area contributed by atoms with Crippen LogP contribution in [-0.4, -0.2) is 20.6 Å². The van der Waals surface area contributed by atoms with E-state index in [0.29, 0.717) is 11.3 Å². The van der Waals surface area contributed by atoms with Gasteiger partial charge < -0.3 is 5.32 Å². The van der Waals surface area contributed by atoms with Crippen LogP contribution in [0.4, 0.5) is 5.69 Å². The summed E-state index contributed by atoms with van der Waals surface area (Å²) in [6.07, 6.45) is 1.16. The highest BCUT2D eigenvalue weighted by atomic mass is 32.2. The SMILES string of the molecule is Cc1ccc([C@@H](C)NC(=O)c2ccccc2N(Cc2ccccc2)S(C)(=O)=O)c(C)c1. The predicted molar refractivity (Wildman–Crippen MR) is 126 cm³/mol. The summed E-state index contributed by atoms with van der Waals surface area (Å²) in [4.78, 5) is 13.2. The molecule has 0 bridgehead atoms. The summed E-state index contributed by atoms with van der Waals surface area (Å²) in [6, 6.07) is 22.0. The van der Waals surface area contributed by atoms with Gasteiger partial charge in [0, 0.05) is 0 Å². The molecule has 0 saturated heterocycles. The number of amides is 1. The number of anilines is 1. The number of sulfonamides is 1. The zero-order valence-electron chi connectivity index (χ0n) is 18.3. The fourth-order valence-corrected chi connectivity index (χ4v) is 4.58. The standard InChI is InChI=1S/C25H28N2O3S/c1-18-14-15-22(19(2)16-18)20(3)26-25(28)23-12-8-9-13-24(23)27(31(4,29)30)17-21-10-6-5-7-11-21/h5-16,20H,17H2,1-4H3,(H,26,28)/t20-/m1/s1. The van der Waals surface area contributed by atoms with Crippen molar-refractivity contribution in [2.75, 3.05) is 10.6 Å². The van der Waals surface area contributed by atoms with E-state index in [1.807, 2.05) is 63.2 Å². The van der Waals surface area contributed by atoms with E-state index in [1.165, 1.54) is 4.31 Å². The second-order valence-electron chi connectivity index (χ2n) is 7.83. The van der Waals surface area contributed by atoms with Crippen molar-refractivity contribution in [1.29, 1.82) is 0 Å². The van der Waals surface area contributed by atoms with Crippen LogP contribution in [0.2, 0.25) is 0 Å². The molecule has 6 heteroatoms. The molecule has 1 amide bonds. The molecule has 0 aliphatic rings. The van der Waals surface area contributed by atoms with Crippen LogP contribution >= 0.6 is 0 Å². The maximum atomic E-state index is 13.2. The van der Waals surface area contributed by atoms with Gasteiger partial charge in [-0.05, 0) is 49.6 Å². The number of hydrogen-bond donors (Lipinski definition) is 1. The number of para-hydroxylation sites is 1. The maximum Gasteiger partial charge on any atom is 0.253 e. The molecular formula is C25H28N2O3S. The lowest BCUT2D eigenvalue weighted by Crippen LogP contribution is -2.33. The Kier molecular flexibility index (Phi) is 6.81. The Morgan fingerprint density at radius 1 is 0.968 bits per heavy atom. The van der Waals surface area contributed by atoms with Gasteiger partial charge in [0.1, 0.15) is 0 Å². The van der Waals surface area contributed by atoms with Crippen LogP contribution in [-0.2, 0) is 16.6 Å². The molecular weight excluding hydrogens is 408 g/mol. The molecule has 1 N–H and O–H groups in total. The quantitative estimate of drug-likeness (QED) is 0.581. The highest BCUT2D eigenvalue weighted by molar-refractivity contribution is 7.92. The molecule has 3 aromatic carbocycles. The molecule has 3 aromatic rings. The molecule has 0 aliphatic heterocycles. The summed E-state index contributed by atoms with van der Waals surface area (Å²) >= 11 is 0. The van der Waals surface area contributed by atoms with Crippen molar-refractivity contribution in [2.24, 2.45) is 0 Å².